The Kier molecular flexibility index (Phi) is 4.92. The molecule has 0 radical (unpaired) electrons. The highest BCUT2D eigenvalue weighted by Crippen LogP contribution is 2.24. The van der Waals surface area contributed by atoms with Gasteiger partial charge < -0.3 is 10.6 Å². The molecule has 3 heteroatoms. The van der Waals surface area contributed by atoms with Crippen LogP contribution >= 0.6 is 0 Å². The summed E-state index contributed by atoms with van der Waals surface area (Å²) in [6.45, 7) is 2.92. The zero-order valence-corrected chi connectivity index (χ0v) is 14.2. The van der Waals surface area contributed by atoms with E-state index in [2.05, 4.69) is 66.3 Å². The number of hydrogen-bond acceptors (Lipinski definition) is 3. The SMILES string of the molecule is Cc1cc([C@@H](N)c2ccccc2)cnc1N(C)Cc1ccccc1. The molecule has 0 spiro atoms. The average Bonchev–Trinajstić information content (AvgIpc) is 2.62. The van der Waals surface area contributed by atoms with Crippen molar-refractivity contribution in [2.24, 2.45) is 5.73 Å². The van der Waals surface area contributed by atoms with Crippen LogP contribution in [0.1, 0.15) is 28.3 Å². The van der Waals surface area contributed by atoms with E-state index in [9.17, 15) is 0 Å². The van der Waals surface area contributed by atoms with Crippen molar-refractivity contribution in [3.63, 3.8) is 0 Å². The lowest BCUT2D eigenvalue weighted by molar-refractivity contribution is 0.845. The number of nitrogens with two attached hydrogens (primary N) is 1. The zero-order chi connectivity index (χ0) is 16.9. The lowest BCUT2D eigenvalue weighted by Gasteiger charge is -2.22. The molecule has 3 rings (SSSR count). The fraction of sp³-hybridized carbons (Fsp3) is 0.190. The van der Waals surface area contributed by atoms with Gasteiger partial charge in [-0.3, -0.25) is 0 Å². The van der Waals surface area contributed by atoms with Gasteiger partial charge >= 0.3 is 0 Å². The van der Waals surface area contributed by atoms with Gasteiger partial charge in [0.2, 0.25) is 0 Å². The van der Waals surface area contributed by atoms with Crippen LogP contribution in [0.3, 0.4) is 0 Å². The molecule has 3 nitrogen and oxygen atoms in total. The standard InChI is InChI=1S/C21H23N3/c1-16-13-19(20(22)18-11-7-4-8-12-18)14-23-21(16)24(2)15-17-9-5-3-6-10-17/h3-14,20H,15,22H2,1-2H3/t20-/m0/s1. The third-order valence-corrected chi connectivity index (χ3v) is 4.21. The van der Waals surface area contributed by atoms with Gasteiger partial charge in [0.25, 0.3) is 0 Å². The molecule has 0 aliphatic carbocycles. The second-order valence-corrected chi connectivity index (χ2v) is 6.14. The fourth-order valence-electron chi connectivity index (χ4n) is 2.94. The highest BCUT2D eigenvalue weighted by molar-refractivity contribution is 5.48. The minimum absolute atomic E-state index is 0.147. The van der Waals surface area contributed by atoms with Crippen LogP contribution in [0.25, 0.3) is 0 Å². The molecule has 0 unspecified atom stereocenters. The number of benzene rings is 2. The first-order valence-electron chi connectivity index (χ1n) is 8.17. The van der Waals surface area contributed by atoms with Crippen molar-refractivity contribution in [2.75, 3.05) is 11.9 Å². The Labute approximate surface area is 143 Å². The van der Waals surface area contributed by atoms with Gasteiger partial charge in [-0.05, 0) is 35.2 Å². The smallest absolute Gasteiger partial charge is 0.131 e. The molecule has 0 aliphatic heterocycles. The predicted molar refractivity (Wildman–Crippen MR) is 100.0 cm³/mol. The monoisotopic (exact) mass is 317 g/mol. The molecule has 122 valence electrons. The second kappa shape index (κ2) is 7.28. The van der Waals surface area contributed by atoms with E-state index in [0.717, 1.165) is 29.1 Å². The Bertz CT molecular complexity index is 785. The number of hydrogen-bond donors (Lipinski definition) is 1. The van der Waals surface area contributed by atoms with Crippen molar-refractivity contribution in [3.8, 4) is 0 Å². The molecule has 0 amide bonds. The molecule has 0 aliphatic rings. The summed E-state index contributed by atoms with van der Waals surface area (Å²) in [7, 11) is 2.07. The van der Waals surface area contributed by atoms with Gasteiger partial charge in [-0.25, -0.2) is 4.98 Å². The third kappa shape index (κ3) is 3.63. The van der Waals surface area contributed by atoms with Crippen molar-refractivity contribution >= 4 is 5.82 Å². The summed E-state index contributed by atoms with van der Waals surface area (Å²) >= 11 is 0. The van der Waals surface area contributed by atoms with Crippen LogP contribution < -0.4 is 10.6 Å². The van der Waals surface area contributed by atoms with Crippen molar-refractivity contribution in [1.82, 2.24) is 4.98 Å². The van der Waals surface area contributed by atoms with Crippen molar-refractivity contribution in [1.29, 1.82) is 0 Å². The number of aromatic nitrogens is 1. The minimum atomic E-state index is -0.147. The minimum Gasteiger partial charge on any atom is -0.355 e. The third-order valence-electron chi connectivity index (χ3n) is 4.21. The largest absolute Gasteiger partial charge is 0.355 e. The molecular formula is C21H23N3. The molecular weight excluding hydrogens is 294 g/mol. The molecule has 3 aromatic rings. The maximum absolute atomic E-state index is 6.38. The van der Waals surface area contributed by atoms with E-state index in [-0.39, 0.29) is 6.04 Å². The highest BCUT2D eigenvalue weighted by Gasteiger charge is 2.13. The molecule has 1 heterocycles. The van der Waals surface area contributed by atoms with E-state index in [4.69, 9.17) is 5.73 Å². The van der Waals surface area contributed by atoms with E-state index in [1.807, 2.05) is 30.5 Å². The Balaban J connectivity index is 1.79. The molecule has 2 N–H and O–H groups in total. The topological polar surface area (TPSA) is 42.1 Å². The Morgan fingerprint density at radius 3 is 2.21 bits per heavy atom. The lowest BCUT2D eigenvalue weighted by atomic mass is 10.00. The number of pyridine rings is 1. The van der Waals surface area contributed by atoms with Gasteiger partial charge in [0.05, 0.1) is 6.04 Å². The number of rotatable bonds is 5. The maximum atomic E-state index is 6.38. The molecule has 0 bridgehead atoms. The first kappa shape index (κ1) is 16.2. The van der Waals surface area contributed by atoms with Gasteiger partial charge in [-0.1, -0.05) is 60.7 Å². The average molecular weight is 317 g/mol. The van der Waals surface area contributed by atoms with Crippen LogP contribution in [0.4, 0.5) is 5.82 Å². The molecule has 1 atom stereocenters. The molecule has 2 aromatic carbocycles. The molecule has 0 saturated carbocycles. The quantitative estimate of drug-likeness (QED) is 0.771. The Morgan fingerprint density at radius 1 is 0.958 bits per heavy atom. The Hall–Kier alpha value is -2.65. The maximum Gasteiger partial charge on any atom is 0.131 e. The van der Waals surface area contributed by atoms with E-state index >= 15 is 0 Å². The normalized spacial score (nSPS) is 12.0. The first-order chi connectivity index (χ1) is 11.6. The van der Waals surface area contributed by atoms with Gasteiger partial charge in [0.15, 0.2) is 0 Å². The highest BCUT2D eigenvalue weighted by atomic mass is 15.2. The van der Waals surface area contributed by atoms with Gasteiger partial charge in [-0.15, -0.1) is 0 Å². The number of anilines is 1. The van der Waals surface area contributed by atoms with E-state index < -0.39 is 0 Å². The van der Waals surface area contributed by atoms with E-state index in [0.29, 0.717) is 0 Å². The number of nitrogens with zero attached hydrogens (tertiary/aromatic N) is 2. The van der Waals surface area contributed by atoms with Crippen LogP contribution in [-0.4, -0.2) is 12.0 Å². The van der Waals surface area contributed by atoms with Crippen LogP contribution in [0, 0.1) is 6.92 Å². The summed E-state index contributed by atoms with van der Waals surface area (Å²) in [5.74, 6) is 0.989. The van der Waals surface area contributed by atoms with Crippen LogP contribution in [0.15, 0.2) is 72.9 Å². The number of aryl methyl sites for hydroxylation is 1. The van der Waals surface area contributed by atoms with Crippen molar-refractivity contribution in [3.05, 3.63) is 95.2 Å². The molecule has 0 saturated heterocycles. The summed E-state index contributed by atoms with van der Waals surface area (Å²) in [6.07, 6.45) is 1.89. The second-order valence-electron chi connectivity index (χ2n) is 6.14. The summed E-state index contributed by atoms with van der Waals surface area (Å²) in [6, 6.07) is 22.5. The fourth-order valence-corrected chi connectivity index (χ4v) is 2.94. The summed E-state index contributed by atoms with van der Waals surface area (Å²) < 4.78 is 0. The van der Waals surface area contributed by atoms with Crippen LogP contribution in [0.5, 0.6) is 0 Å². The summed E-state index contributed by atoms with van der Waals surface area (Å²) in [4.78, 5) is 6.84. The Morgan fingerprint density at radius 2 is 1.58 bits per heavy atom. The summed E-state index contributed by atoms with van der Waals surface area (Å²) in [5.41, 5.74) is 10.9. The molecule has 24 heavy (non-hydrogen) atoms. The van der Waals surface area contributed by atoms with Crippen molar-refractivity contribution < 1.29 is 0 Å². The molecule has 0 fully saturated rings. The van der Waals surface area contributed by atoms with Gasteiger partial charge in [0.1, 0.15) is 5.82 Å². The van der Waals surface area contributed by atoms with Crippen LogP contribution in [0.2, 0.25) is 0 Å². The van der Waals surface area contributed by atoms with E-state index in [1.54, 1.807) is 0 Å². The van der Waals surface area contributed by atoms with Crippen molar-refractivity contribution in [2.45, 2.75) is 19.5 Å². The zero-order valence-electron chi connectivity index (χ0n) is 14.2. The van der Waals surface area contributed by atoms with Crippen LogP contribution in [-0.2, 0) is 6.54 Å². The summed E-state index contributed by atoms with van der Waals surface area (Å²) in [5, 5.41) is 0. The first-order valence-corrected chi connectivity index (χ1v) is 8.17. The van der Waals surface area contributed by atoms with E-state index in [1.165, 1.54) is 5.56 Å². The molecule has 1 aromatic heterocycles. The lowest BCUT2D eigenvalue weighted by Crippen LogP contribution is -2.20. The predicted octanol–water partition coefficient (Wildman–Crippen LogP) is 4.07. The van der Waals surface area contributed by atoms with Gasteiger partial charge in [-0.2, -0.15) is 0 Å². The van der Waals surface area contributed by atoms with Gasteiger partial charge in [0, 0.05) is 19.8 Å².